The molecule has 0 saturated carbocycles. The SMILES string of the molecule is CCCC(N)=Nc1ccccc1C(C)C. The standard InChI is InChI=1S/C13H20N2/c1-4-7-13(14)15-12-9-6-5-8-11(12)10(2)3/h5-6,8-10H,4,7H2,1-3H3,(H2,14,15). The van der Waals surface area contributed by atoms with Crippen molar-refractivity contribution in [3.63, 3.8) is 0 Å². The molecule has 0 fully saturated rings. The van der Waals surface area contributed by atoms with Crippen LogP contribution in [0.25, 0.3) is 0 Å². The van der Waals surface area contributed by atoms with E-state index in [1.165, 1.54) is 5.56 Å². The Morgan fingerprint density at radius 2 is 2.00 bits per heavy atom. The summed E-state index contributed by atoms with van der Waals surface area (Å²) >= 11 is 0. The maximum absolute atomic E-state index is 5.84. The maximum Gasteiger partial charge on any atom is 0.0996 e. The Morgan fingerprint density at radius 1 is 1.33 bits per heavy atom. The second-order valence-corrected chi connectivity index (χ2v) is 4.07. The number of amidine groups is 1. The number of nitrogens with two attached hydrogens (primary N) is 1. The van der Waals surface area contributed by atoms with Crippen molar-refractivity contribution in [3.05, 3.63) is 29.8 Å². The Balaban J connectivity index is 2.98. The molecular weight excluding hydrogens is 184 g/mol. The Bertz CT molecular complexity index is 340. The molecule has 0 atom stereocenters. The van der Waals surface area contributed by atoms with Crippen LogP contribution in [-0.4, -0.2) is 5.84 Å². The van der Waals surface area contributed by atoms with E-state index in [1.807, 2.05) is 18.2 Å². The van der Waals surface area contributed by atoms with Crippen LogP contribution in [-0.2, 0) is 0 Å². The highest BCUT2D eigenvalue weighted by Gasteiger charge is 2.04. The predicted octanol–water partition coefficient (Wildman–Crippen LogP) is 3.60. The van der Waals surface area contributed by atoms with Crippen LogP contribution in [0.3, 0.4) is 0 Å². The van der Waals surface area contributed by atoms with E-state index in [1.54, 1.807) is 0 Å². The summed E-state index contributed by atoms with van der Waals surface area (Å²) in [5, 5.41) is 0. The molecule has 15 heavy (non-hydrogen) atoms. The van der Waals surface area contributed by atoms with Crippen molar-refractivity contribution in [2.75, 3.05) is 0 Å². The van der Waals surface area contributed by atoms with Gasteiger partial charge >= 0.3 is 0 Å². The maximum atomic E-state index is 5.84. The van der Waals surface area contributed by atoms with Gasteiger partial charge in [0, 0.05) is 6.42 Å². The smallest absolute Gasteiger partial charge is 0.0996 e. The number of rotatable bonds is 4. The van der Waals surface area contributed by atoms with E-state index < -0.39 is 0 Å². The van der Waals surface area contributed by atoms with Crippen LogP contribution in [0.4, 0.5) is 5.69 Å². The zero-order valence-electron chi connectivity index (χ0n) is 9.83. The summed E-state index contributed by atoms with van der Waals surface area (Å²) in [6.45, 7) is 6.45. The fourth-order valence-electron chi connectivity index (χ4n) is 1.54. The van der Waals surface area contributed by atoms with Gasteiger partial charge in [0.25, 0.3) is 0 Å². The lowest BCUT2D eigenvalue weighted by molar-refractivity contribution is 0.866. The lowest BCUT2D eigenvalue weighted by atomic mass is 10.0. The van der Waals surface area contributed by atoms with Gasteiger partial charge in [-0.25, -0.2) is 4.99 Å². The first-order valence-electron chi connectivity index (χ1n) is 5.57. The Morgan fingerprint density at radius 3 is 2.60 bits per heavy atom. The van der Waals surface area contributed by atoms with Crippen LogP contribution < -0.4 is 5.73 Å². The minimum Gasteiger partial charge on any atom is -0.387 e. The number of hydrogen-bond donors (Lipinski definition) is 1. The van der Waals surface area contributed by atoms with Gasteiger partial charge in [0.2, 0.25) is 0 Å². The first kappa shape index (κ1) is 11.8. The Labute approximate surface area is 92.2 Å². The zero-order chi connectivity index (χ0) is 11.3. The van der Waals surface area contributed by atoms with Crippen LogP contribution in [0.2, 0.25) is 0 Å². The summed E-state index contributed by atoms with van der Waals surface area (Å²) in [5.41, 5.74) is 8.11. The second-order valence-electron chi connectivity index (χ2n) is 4.07. The largest absolute Gasteiger partial charge is 0.387 e. The molecule has 2 heteroatoms. The molecule has 1 rings (SSSR count). The number of benzene rings is 1. The van der Waals surface area contributed by atoms with Crippen molar-refractivity contribution >= 4 is 11.5 Å². The molecule has 0 saturated heterocycles. The average Bonchev–Trinajstić information content (AvgIpc) is 2.18. The van der Waals surface area contributed by atoms with E-state index in [0.717, 1.165) is 24.4 Å². The number of nitrogens with zero attached hydrogens (tertiary/aromatic N) is 1. The van der Waals surface area contributed by atoms with Gasteiger partial charge in [0.05, 0.1) is 11.5 Å². The third kappa shape index (κ3) is 3.39. The Kier molecular flexibility index (Phi) is 4.35. The minimum atomic E-state index is 0.486. The number of aliphatic imine (C=N–C) groups is 1. The van der Waals surface area contributed by atoms with E-state index in [9.17, 15) is 0 Å². The molecule has 2 nitrogen and oxygen atoms in total. The molecule has 1 aromatic carbocycles. The highest BCUT2D eigenvalue weighted by atomic mass is 14.9. The van der Waals surface area contributed by atoms with Crippen molar-refractivity contribution in [1.82, 2.24) is 0 Å². The molecule has 0 aliphatic rings. The van der Waals surface area contributed by atoms with E-state index >= 15 is 0 Å². The molecule has 0 aliphatic carbocycles. The van der Waals surface area contributed by atoms with E-state index in [4.69, 9.17) is 5.73 Å². The molecule has 2 N–H and O–H groups in total. The van der Waals surface area contributed by atoms with E-state index in [0.29, 0.717) is 5.92 Å². The van der Waals surface area contributed by atoms with Crippen molar-refractivity contribution in [3.8, 4) is 0 Å². The molecule has 0 unspecified atom stereocenters. The van der Waals surface area contributed by atoms with Gasteiger partial charge in [0.1, 0.15) is 0 Å². The van der Waals surface area contributed by atoms with Gasteiger partial charge in [-0.15, -0.1) is 0 Å². The van der Waals surface area contributed by atoms with Crippen molar-refractivity contribution < 1.29 is 0 Å². The first-order chi connectivity index (χ1) is 7.15. The summed E-state index contributed by atoms with van der Waals surface area (Å²) in [4.78, 5) is 4.46. The van der Waals surface area contributed by atoms with Crippen molar-refractivity contribution in [2.45, 2.75) is 39.5 Å². The first-order valence-corrected chi connectivity index (χ1v) is 5.57. The predicted molar refractivity (Wildman–Crippen MR) is 66.7 cm³/mol. The molecule has 0 aromatic heterocycles. The summed E-state index contributed by atoms with van der Waals surface area (Å²) in [6.07, 6.45) is 1.91. The normalized spacial score (nSPS) is 12.1. The van der Waals surface area contributed by atoms with Crippen LogP contribution in [0.5, 0.6) is 0 Å². The summed E-state index contributed by atoms with van der Waals surface area (Å²) in [6, 6.07) is 8.19. The summed E-state index contributed by atoms with van der Waals surface area (Å²) in [5.74, 6) is 1.21. The van der Waals surface area contributed by atoms with Gasteiger partial charge < -0.3 is 5.73 Å². The Hall–Kier alpha value is -1.31. The second kappa shape index (κ2) is 5.54. The topological polar surface area (TPSA) is 38.4 Å². The van der Waals surface area contributed by atoms with Crippen LogP contribution >= 0.6 is 0 Å². The zero-order valence-corrected chi connectivity index (χ0v) is 9.83. The van der Waals surface area contributed by atoms with Crippen LogP contribution in [0, 0.1) is 0 Å². The van der Waals surface area contributed by atoms with Crippen molar-refractivity contribution in [2.24, 2.45) is 10.7 Å². The third-order valence-electron chi connectivity index (χ3n) is 2.33. The molecule has 82 valence electrons. The molecule has 0 heterocycles. The van der Waals surface area contributed by atoms with Gasteiger partial charge in [0.15, 0.2) is 0 Å². The molecule has 0 spiro atoms. The third-order valence-corrected chi connectivity index (χ3v) is 2.33. The van der Waals surface area contributed by atoms with Gasteiger partial charge in [-0.3, -0.25) is 0 Å². The molecule has 0 radical (unpaired) electrons. The molecule has 0 bridgehead atoms. The highest BCUT2D eigenvalue weighted by molar-refractivity contribution is 5.83. The molecule has 0 amide bonds. The van der Waals surface area contributed by atoms with Gasteiger partial charge in [-0.1, -0.05) is 39.0 Å². The molecule has 0 aliphatic heterocycles. The van der Waals surface area contributed by atoms with Gasteiger partial charge in [-0.2, -0.15) is 0 Å². The quantitative estimate of drug-likeness (QED) is 0.590. The monoisotopic (exact) mass is 204 g/mol. The lowest BCUT2D eigenvalue weighted by Gasteiger charge is -2.09. The lowest BCUT2D eigenvalue weighted by Crippen LogP contribution is -2.10. The van der Waals surface area contributed by atoms with E-state index in [-0.39, 0.29) is 0 Å². The fraction of sp³-hybridized carbons (Fsp3) is 0.462. The summed E-state index contributed by atoms with van der Waals surface area (Å²) in [7, 11) is 0. The van der Waals surface area contributed by atoms with Crippen molar-refractivity contribution in [1.29, 1.82) is 0 Å². The van der Waals surface area contributed by atoms with Gasteiger partial charge in [-0.05, 0) is 24.0 Å². The summed E-state index contributed by atoms with van der Waals surface area (Å²) < 4.78 is 0. The molecule has 1 aromatic rings. The number of para-hydroxylation sites is 1. The average molecular weight is 204 g/mol. The van der Waals surface area contributed by atoms with Crippen LogP contribution in [0.1, 0.15) is 45.1 Å². The van der Waals surface area contributed by atoms with E-state index in [2.05, 4.69) is 31.8 Å². The van der Waals surface area contributed by atoms with Crippen LogP contribution in [0.15, 0.2) is 29.3 Å². The molecular formula is C13H20N2. The minimum absolute atomic E-state index is 0.486. The number of hydrogen-bond acceptors (Lipinski definition) is 1. The fourth-order valence-corrected chi connectivity index (χ4v) is 1.54. The highest BCUT2D eigenvalue weighted by Crippen LogP contribution is 2.26.